The first-order valence-electron chi connectivity index (χ1n) is 7.69. The van der Waals surface area contributed by atoms with E-state index in [0.717, 1.165) is 18.6 Å². The van der Waals surface area contributed by atoms with Crippen LogP contribution in [0.4, 0.5) is 0 Å². The Morgan fingerprint density at radius 1 is 0.773 bits per heavy atom. The second-order valence-electron chi connectivity index (χ2n) is 5.73. The average Bonchev–Trinajstić information content (AvgIpc) is 3.18. The quantitative estimate of drug-likeness (QED) is 0.747. The maximum Gasteiger partial charge on any atom is 0.118 e. The van der Waals surface area contributed by atoms with Crippen molar-refractivity contribution in [1.29, 1.82) is 0 Å². The molecule has 2 aliphatic rings. The molecule has 4 rings (SSSR count). The Labute approximate surface area is 131 Å². The molecule has 0 saturated heterocycles. The number of ether oxygens (including phenoxy) is 1. The third-order valence-corrected chi connectivity index (χ3v) is 4.54. The molecule has 1 heteroatoms. The molecule has 108 valence electrons. The number of methoxy groups -OCH3 is 1. The van der Waals surface area contributed by atoms with E-state index in [1.165, 1.54) is 33.4 Å². The number of allylic oxidation sites excluding steroid dienone is 6. The predicted octanol–water partition coefficient (Wildman–Crippen LogP) is 5.27. The minimum absolute atomic E-state index is 0.908. The van der Waals surface area contributed by atoms with E-state index in [-0.39, 0.29) is 0 Å². The topological polar surface area (TPSA) is 9.23 Å². The van der Waals surface area contributed by atoms with Gasteiger partial charge in [0.15, 0.2) is 0 Å². The fourth-order valence-electron chi connectivity index (χ4n) is 3.42. The van der Waals surface area contributed by atoms with E-state index in [1.807, 2.05) is 12.1 Å². The molecule has 0 bridgehead atoms. The van der Waals surface area contributed by atoms with Gasteiger partial charge in [0.2, 0.25) is 0 Å². The summed E-state index contributed by atoms with van der Waals surface area (Å²) in [7, 11) is 1.71. The van der Waals surface area contributed by atoms with E-state index in [4.69, 9.17) is 4.74 Å². The zero-order valence-electron chi connectivity index (χ0n) is 12.7. The van der Waals surface area contributed by atoms with Crippen LogP contribution in [0, 0.1) is 0 Å². The van der Waals surface area contributed by atoms with E-state index < -0.39 is 0 Å². The molecule has 0 heterocycles. The largest absolute Gasteiger partial charge is 0.497 e. The predicted molar refractivity (Wildman–Crippen MR) is 91.7 cm³/mol. The number of fused-ring (bicyclic) bond motifs is 1. The Bertz CT molecular complexity index is 790. The van der Waals surface area contributed by atoms with Crippen LogP contribution in [0.2, 0.25) is 0 Å². The molecule has 0 atom stereocenters. The minimum atomic E-state index is 0.908. The van der Waals surface area contributed by atoms with E-state index in [0.29, 0.717) is 0 Å². The van der Waals surface area contributed by atoms with E-state index in [9.17, 15) is 0 Å². The molecule has 2 aromatic rings. The fraction of sp³-hybridized carbons (Fsp3) is 0.143. The summed E-state index contributed by atoms with van der Waals surface area (Å²) in [6.07, 6.45) is 6.63. The van der Waals surface area contributed by atoms with Crippen LogP contribution < -0.4 is 4.74 Å². The lowest BCUT2D eigenvalue weighted by atomic mass is 9.97. The smallest absolute Gasteiger partial charge is 0.118 e. The molecule has 0 unspecified atom stereocenters. The third kappa shape index (κ3) is 2.10. The molecule has 0 aromatic heterocycles. The summed E-state index contributed by atoms with van der Waals surface area (Å²) in [5.74, 6) is 0.908. The second kappa shape index (κ2) is 5.34. The van der Waals surface area contributed by atoms with Crippen molar-refractivity contribution in [2.75, 3.05) is 7.11 Å². The highest BCUT2D eigenvalue weighted by atomic mass is 16.5. The van der Waals surface area contributed by atoms with Crippen LogP contribution in [0.3, 0.4) is 0 Å². The Morgan fingerprint density at radius 2 is 1.50 bits per heavy atom. The molecule has 1 nitrogen and oxygen atoms in total. The first-order valence-corrected chi connectivity index (χ1v) is 7.69. The molecule has 0 aliphatic heterocycles. The molecule has 2 aliphatic carbocycles. The molecule has 0 radical (unpaired) electrons. The van der Waals surface area contributed by atoms with Crippen LogP contribution >= 0.6 is 0 Å². The molecular formula is C21H18O. The van der Waals surface area contributed by atoms with Gasteiger partial charge in [0.25, 0.3) is 0 Å². The van der Waals surface area contributed by atoms with E-state index in [2.05, 4.69) is 54.6 Å². The average molecular weight is 286 g/mol. The van der Waals surface area contributed by atoms with E-state index in [1.54, 1.807) is 7.11 Å². The molecule has 22 heavy (non-hydrogen) atoms. The van der Waals surface area contributed by atoms with Gasteiger partial charge in [-0.25, -0.2) is 0 Å². The molecule has 0 saturated carbocycles. The van der Waals surface area contributed by atoms with Gasteiger partial charge in [-0.3, -0.25) is 0 Å². The summed E-state index contributed by atoms with van der Waals surface area (Å²) < 4.78 is 5.27. The summed E-state index contributed by atoms with van der Waals surface area (Å²) in [6, 6.07) is 19.2. The zero-order chi connectivity index (χ0) is 14.9. The maximum atomic E-state index is 5.27. The highest BCUT2D eigenvalue weighted by molar-refractivity contribution is 5.95. The monoisotopic (exact) mass is 286 g/mol. The van der Waals surface area contributed by atoms with Crippen molar-refractivity contribution in [3.63, 3.8) is 0 Å². The van der Waals surface area contributed by atoms with Gasteiger partial charge in [-0.2, -0.15) is 0 Å². The molecule has 0 fully saturated rings. The van der Waals surface area contributed by atoms with Gasteiger partial charge in [-0.1, -0.05) is 54.6 Å². The van der Waals surface area contributed by atoms with Gasteiger partial charge in [0, 0.05) is 0 Å². The number of hydrogen-bond acceptors (Lipinski definition) is 1. The van der Waals surface area contributed by atoms with Crippen molar-refractivity contribution in [1.82, 2.24) is 0 Å². The lowest BCUT2D eigenvalue weighted by Gasteiger charge is -2.08. The van der Waals surface area contributed by atoms with Crippen LogP contribution in [0.5, 0.6) is 5.75 Å². The molecule has 0 amide bonds. The summed E-state index contributed by atoms with van der Waals surface area (Å²) in [5, 5.41) is 0. The summed E-state index contributed by atoms with van der Waals surface area (Å²) in [5.41, 5.74) is 8.48. The lowest BCUT2D eigenvalue weighted by molar-refractivity contribution is 0.415. The van der Waals surface area contributed by atoms with Gasteiger partial charge in [-0.15, -0.1) is 0 Å². The van der Waals surface area contributed by atoms with Crippen LogP contribution in [-0.4, -0.2) is 7.11 Å². The maximum absolute atomic E-state index is 5.27. The van der Waals surface area contributed by atoms with Gasteiger partial charge in [0.05, 0.1) is 7.11 Å². The van der Waals surface area contributed by atoms with Crippen LogP contribution in [0.1, 0.15) is 24.0 Å². The van der Waals surface area contributed by atoms with Crippen molar-refractivity contribution in [3.8, 4) is 5.75 Å². The van der Waals surface area contributed by atoms with Gasteiger partial charge < -0.3 is 4.74 Å². The van der Waals surface area contributed by atoms with Crippen molar-refractivity contribution < 1.29 is 4.74 Å². The van der Waals surface area contributed by atoms with Crippen molar-refractivity contribution in [2.45, 2.75) is 12.8 Å². The molecule has 0 N–H and O–H groups in total. The lowest BCUT2D eigenvalue weighted by Crippen LogP contribution is -1.87. The zero-order valence-corrected chi connectivity index (χ0v) is 12.7. The van der Waals surface area contributed by atoms with Gasteiger partial charge in [-0.05, 0) is 58.4 Å². The fourth-order valence-corrected chi connectivity index (χ4v) is 3.42. The van der Waals surface area contributed by atoms with Crippen LogP contribution in [0.25, 0.3) is 11.1 Å². The Hall–Kier alpha value is -2.54. The standard InChI is InChI=1S/C21H18O/c1-22-17-12-10-16(11-13-17)21-14-20(15-6-3-2-4-7-15)18-8-5-9-19(18)21/h2-7,9-13H,8,14H2,1H3. The molecule has 2 aromatic carbocycles. The molecular weight excluding hydrogens is 268 g/mol. The van der Waals surface area contributed by atoms with Crippen LogP contribution in [0.15, 0.2) is 77.9 Å². The Kier molecular flexibility index (Phi) is 3.19. The first kappa shape index (κ1) is 13.1. The molecule has 0 spiro atoms. The third-order valence-electron chi connectivity index (χ3n) is 4.54. The number of rotatable bonds is 3. The van der Waals surface area contributed by atoms with E-state index >= 15 is 0 Å². The summed E-state index contributed by atoms with van der Waals surface area (Å²) in [4.78, 5) is 0. The Morgan fingerprint density at radius 3 is 2.23 bits per heavy atom. The normalized spacial score (nSPS) is 16.4. The van der Waals surface area contributed by atoms with Crippen LogP contribution in [-0.2, 0) is 0 Å². The first-order chi connectivity index (χ1) is 10.9. The highest BCUT2D eigenvalue weighted by Gasteiger charge is 2.26. The highest BCUT2D eigenvalue weighted by Crippen LogP contribution is 2.47. The second-order valence-corrected chi connectivity index (χ2v) is 5.73. The Balaban J connectivity index is 1.74. The number of hydrogen-bond donors (Lipinski definition) is 0. The minimum Gasteiger partial charge on any atom is -0.497 e. The SMILES string of the molecule is COc1ccc(C2=C3C=CCC3=C(c3ccccc3)C2)cc1. The van der Waals surface area contributed by atoms with Crippen molar-refractivity contribution >= 4 is 11.1 Å². The summed E-state index contributed by atoms with van der Waals surface area (Å²) >= 11 is 0. The van der Waals surface area contributed by atoms with Crippen molar-refractivity contribution in [3.05, 3.63) is 89.0 Å². The van der Waals surface area contributed by atoms with Gasteiger partial charge >= 0.3 is 0 Å². The number of benzene rings is 2. The van der Waals surface area contributed by atoms with Crippen molar-refractivity contribution in [2.24, 2.45) is 0 Å². The summed E-state index contributed by atoms with van der Waals surface area (Å²) in [6.45, 7) is 0. The van der Waals surface area contributed by atoms with Gasteiger partial charge in [0.1, 0.15) is 5.75 Å².